The second-order valence-corrected chi connectivity index (χ2v) is 4.70. The highest BCUT2D eigenvalue weighted by Crippen LogP contribution is 2.34. The average molecular weight is 262 g/mol. The molecule has 1 aromatic heterocycles. The predicted octanol–water partition coefficient (Wildman–Crippen LogP) is 2.35. The normalized spacial score (nSPS) is 10.9. The van der Waals surface area contributed by atoms with Gasteiger partial charge in [-0.2, -0.15) is 0 Å². The summed E-state index contributed by atoms with van der Waals surface area (Å²) in [4.78, 5) is 0. The molecule has 1 heterocycles. The topological polar surface area (TPSA) is 35.4 Å². The van der Waals surface area contributed by atoms with Crippen molar-refractivity contribution >= 4 is 10.9 Å². The van der Waals surface area contributed by atoms with Crippen LogP contribution in [0.1, 0.15) is 12.0 Å². The molecule has 19 heavy (non-hydrogen) atoms. The quantitative estimate of drug-likeness (QED) is 0.812. The van der Waals surface area contributed by atoms with Gasteiger partial charge in [-0.15, -0.1) is 0 Å². The van der Waals surface area contributed by atoms with Gasteiger partial charge in [0.15, 0.2) is 0 Å². The minimum Gasteiger partial charge on any atom is -0.497 e. The molecule has 0 unspecified atom stereocenters. The molecule has 0 saturated carbocycles. The lowest BCUT2D eigenvalue weighted by Crippen LogP contribution is -2.08. The number of fused-ring (bicyclic) bond motifs is 1. The molecular formula is C15H22N2O2. The van der Waals surface area contributed by atoms with E-state index in [1.165, 1.54) is 10.9 Å². The Morgan fingerprint density at radius 1 is 1.21 bits per heavy atom. The lowest BCUT2D eigenvalue weighted by Gasteiger charge is -2.08. The van der Waals surface area contributed by atoms with Crippen LogP contribution < -0.4 is 14.8 Å². The van der Waals surface area contributed by atoms with E-state index in [2.05, 4.69) is 29.2 Å². The second kappa shape index (κ2) is 5.97. The molecule has 0 atom stereocenters. The molecule has 2 rings (SSSR count). The van der Waals surface area contributed by atoms with Crippen molar-refractivity contribution in [3.8, 4) is 11.5 Å². The van der Waals surface area contributed by atoms with Gasteiger partial charge in [-0.3, -0.25) is 0 Å². The van der Waals surface area contributed by atoms with Gasteiger partial charge in [0.25, 0.3) is 0 Å². The summed E-state index contributed by atoms with van der Waals surface area (Å²) in [6.07, 6.45) is 4.35. The van der Waals surface area contributed by atoms with Crippen molar-refractivity contribution in [1.29, 1.82) is 0 Å². The van der Waals surface area contributed by atoms with Crippen LogP contribution in [0.3, 0.4) is 0 Å². The van der Waals surface area contributed by atoms with Crippen LogP contribution in [0.4, 0.5) is 0 Å². The molecule has 0 aliphatic rings. The summed E-state index contributed by atoms with van der Waals surface area (Å²) in [5, 5.41) is 4.40. The van der Waals surface area contributed by atoms with Gasteiger partial charge in [-0.05, 0) is 38.1 Å². The smallest absolute Gasteiger partial charge is 0.146 e. The lowest BCUT2D eigenvalue weighted by atomic mass is 10.1. The molecule has 1 N–H and O–H groups in total. The number of hydrogen-bond acceptors (Lipinski definition) is 3. The summed E-state index contributed by atoms with van der Waals surface area (Å²) >= 11 is 0. The second-order valence-electron chi connectivity index (χ2n) is 4.70. The highest BCUT2D eigenvalue weighted by atomic mass is 16.5. The first-order chi connectivity index (χ1) is 9.21. The summed E-state index contributed by atoms with van der Waals surface area (Å²) in [6.45, 7) is 1.03. The molecule has 4 heteroatoms. The van der Waals surface area contributed by atoms with Gasteiger partial charge < -0.3 is 19.4 Å². The zero-order valence-corrected chi connectivity index (χ0v) is 12.1. The van der Waals surface area contributed by atoms with Gasteiger partial charge in [0.05, 0.1) is 19.7 Å². The number of benzene rings is 1. The maximum Gasteiger partial charge on any atom is 0.146 e. The Kier molecular flexibility index (Phi) is 4.32. The van der Waals surface area contributed by atoms with E-state index in [9.17, 15) is 0 Å². The summed E-state index contributed by atoms with van der Waals surface area (Å²) in [5.41, 5.74) is 2.47. The number of ether oxygens (including phenoxy) is 2. The van der Waals surface area contributed by atoms with Gasteiger partial charge in [-0.1, -0.05) is 0 Å². The van der Waals surface area contributed by atoms with Crippen LogP contribution in [0.5, 0.6) is 11.5 Å². The van der Waals surface area contributed by atoms with Crippen molar-refractivity contribution in [2.24, 2.45) is 7.05 Å². The first-order valence-corrected chi connectivity index (χ1v) is 6.55. The summed E-state index contributed by atoms with van der Waals surface area (Å²) in [5.74, 6) is 1.70. The summed E-state index contributed by atoms with van der Waals surface area (Å²) in [7, 11) is 7.42. The fraction of sp³-hybridized carbons (Fsp3) is 0.467. The predicted molar refractivity (Wildman–Crippen MR) is 78.3 cm³/mol. The monoisotopic (exact) mass is 262 g/mol. The van der Waals surface area contributed by atoms with Crippen LogP contribution in [0.15, 0.2) is 18.3 Å². The van der Waals surface area contributed by atoms with Crippen LogP contribution in [0, 0.1) is 0 Å². The molecule has 0 spiro atoms. The molecule has 0 aliphatic carbocycles. The van der Waals surface area contributed by atoms with E-state index in [0.717, 1.165) is 36.4 Å². The standard InChI is InChI=1S/C15H22N2O2/c1-16-7-5-6-11-10-17(2)15-13(11)8-12(18-3)9-14(15)19-4/h8-10,16H,5-7H2,1-4H3. The van der Waals surface area contributed by atoms with E-state index in [0.29, 0.717) is 0 Å². The first kappa shape index (κ1) is 13.7. The number of aromatic nitrogens is 1. The SMILES string of the molecule is CNCCCc1cn(C)c2c(OC)cc(OC)cc12. The van der Waals surface area contributed by atoms with Gasteiger partial charge in [-0.25, -0.2) is 0 Å². The van der Waals surface area contributed by atoms with Crippen LogP contribution in [0.25, 0.3) is 10.9 Å². The van der Waals surface area contributed by atoms with Crippen molar-refractivity contribution in [3.05, 3.63) is 23.9 Å². The molecule has 0 radical (unpaired) electrons. The van der Waals surface area contributed by atoms with Gasteiger partial charge in [0.2, 0.25) is 0 Å². The Bertz CT molecular complexity index is 561. The largest absolute Gasteiger partial charge is 0.497 e. The Balaban J connectivity index is 2.47. The molecule has 0 fully saturated rings. The molecule has 0 amide bonds. The summed E-state index contributed by atoms with van der Waals surface area (Å²) in [6, 6.07) is 4.02. The third-order valence-corrected chi connectivity index (χ3v) is 3.43. The first-order valence-electron chi connectivity index (χ1n) is 6.55. The van der Waals surface area contributed by atoms with Crippen LogP contribution >= 0.6 is 0 Å². The van der Waals surface area contributed by atoms with E-state index < -0.39 is 0 Å². The number of hydrogen-bond donors (Lipinski definition) is 1. The van der Waals surface area contributed by atoms with E-state index in [1.807, 2.05) is 13.1 Å². The van der Waals surface area contributed by atoms with E-state index >= 15 is 0 Å². The van der Waals surface area contributed by atoms with Crippen molar-refractivity contribution in [3.63, 3.8) is 0 Å². The number of methoxy groups -OCH3 is 2. The number of rotatable bonds is 6. The minimum absolute atomic E-state index is 0.838. The maximum absolute atomic E-state index is 5.48. The van der Waals surface area contributed by atoms with E-state index in [1.54, 1.807) is 14.2 Å². The van der Waals surface area contributed by atoms with Gasteiger partial charge in [0, 0.05) is 24.7 Å². The average Bonchev–Trinajstić information content (AvgIpc) is 2.75. The molecule has 4 nitrogen and oxygen atoms in total. The Morgan fingerprint density at radius 3 is 2.63 bits per heavy atom. The molecule has 0 bridgehead atoms. The van der Waals surface area contributed by atoms with Crippen molar-refractivity contribution in [2.75, 3.05) is 27.8 Å². The van der Waals surface area contributed by atoms with Crippen LogP contribution in [-0.2, 0) is 13.5 Å². The van der Waals surface area contributed by atoms with Crippen molar-refractivity contribution < 1.29 is 9.47 Å². The maximum atomic E-state index is 5.48. The molecule has 0 saturated heterocycles. The molecule has 0 aliphatic heterocycles. The van der Waals surface area contributed by atoms with Gasteiger partial charge in [0.1, 0.15) is 11.5 Å². The van der Waals surface area contributed by atoms with Gasteiger partial charge >= 0.3 is 0 Å². The Hall–Kier alpha value is -1.68. The van der Waals surface area contributed by atoms with E-state index in [4.69, 9.17) is 9.47 Å². The zero-order chi connectivity index (χ0) is 13.8. The molecular weight excluding hydrogens is 240 g/mol. The van der Waals surface area contributed by atoms with Crippen molar-refractivity contribution in [2.45, 2.75) is 12.8 Å². The number of nitrogens with one attached hydrogen (secondary N) is 1. The minimum atomic E-state index is 0.838. The van der Waals surface area contributed by atoms with Crippen molar-refractivity contribution in [1.82, 2.24) is 9.88 Å². The molecule has 1 aromatic carbocycles. The Labute approximate surface area is 114 Å². The van der Waals surface area contributed by atoms with Crippen LogP contribution in [0.2, 0.25) is 0 Å². The Morgan fingerprint density at radius 2 is 2.00 bits per heavy atom. The highest BCUT2D eigenvalue weighted by Gasteiger charge is 2.13. The fourth-order valence-corrected chi connectivity index (χ4v) is 2.49. The lowest BCUT2D eigenvalue weighted by molar-refractivity contribution is 0.397. The zero-order valence-electron chi connectivity index (χ0n) is 12.1. The third kappa shape index (κ3) is 2.68. The fourth-order valence-electron chi connectivity index (χ4n) is 2.49. The molecule has 104 valence electrons. The number of aryl methyl sites for hydroxylation is 2. The number of nitrogens with zero attached hydrogens (tertiary/aromatic N) is 1. The highest BCUT2D eigenvalue weighted by molar-refractivity contribution is 5.90. The van der Waals surface area contributed by atoms with Crippen LogP contribution in [-0.4, -0.2) is 32.4 Å². The molecule has 2 aromatic rings. The van der Waals surface area contributed by atoms with E-state index in [-0.39, 0.29) is 0 Å². The third-order valence-electron chi connectivity index (χ3n) is 3.43. The summed E-state index contributed by atoms with van der Waals surface area (Å²) < 4.78 is 13.0.